The van der Waals surface area contributed by atoms with Gasteiger partial charge in [-0.3, -0.25) is 9.13 Å². The molecule has 0 aromatic heterocycles. The van der Waals surface area contributed by atoms with Crippen LogP contribution in [0.2, 0.25) is 0 Å². The van der Waals surface area contributed by atoms with E-state index in [0.717, 1.165) is 75.0 Å². The van der Waals surface area contributed by atoms with Crippen molar-refractivity contribution in [3.8, 4) is 0 Å². The van der Waals surface area contributed by atoms with E-state index in [9.17, 15) is 9.13 Å². The van der Waals surface area contributed by atoms with Crippen LogP contribution in [0.15, 0.2) is 0 Å². The maximum absolute atomic E-state index is 13.8. The predicted molar refractivity (Wildman–Crippen MR) is 176 cm³/mol. The lowest BCUT2D eigenvalue weighted by Crippen LogP contribution is -2.10. The lowest BCUT2D eigenvalue weighted by molar-refractivity contribution is 0.418. The molecule has 0 amide bonds. The van der Waals surface area contributed by atoms with Crippen LogP contribution in [0.3, 0.4) is 0 Å². The molecule has 7 heteroatoms. The van der Waals surface area contributed by atoms with Crippen LogP contribution >= 0.6 is 14.7 Å². The standard InChI is InChI=1S/2C16H35O2P.Al/c2*1-15(2)11-7-5-9-13-19(17,18)14-10-6-8-12-16(3)4;/h2*15-16H,5-14H2,1-4H3,(H,17,18);/q;;+2/p-2. The highest BCUT2D eigenvalue weighted by Crippen LogP contribution is 2.52. The molecule has 0 bridgehead atoms. The first-order valence-corrected chi connectivity index (χ1v) is 21.7. The van der Waals surface area contributed by atoms with Gasteiger partial charge in [0, 0.05) is 24.6 Å². The van der Waals surface area contributed by atoms with E-state index < -0.39 is 30.6 Å². The summed E-state index contributed by atoms with van der Waals surface area (Å²) in [5.74, 6) is 2.88. The molecular formula is C32H68AlO4P2. The van der Waals surface area contributed by atoms with Gasteiger partial charge in [0.15, 0.2) is 14.7 Å². The highest BCUT2D eigenvalue weighted by atomic mass is 31.2. The summed E-state index contributed by atoms with van der Waals surface area (Å²) in [6.45, 7) is 18.1. The van der Waals surface area contributed by atoms with Gasteiger partial charge in [-0.15, -0.1) is 0 Å². The van der Waals surface area contributed by atoms with Crippen molar-refractivity contribution in [1.29, 1.82) is 0 Å². The molecule has 0 aliphatic rings. The van der Waals surface area contributed by atoms with Gasteiger partial charge in [-0.25, -0.2) is 0 Å². The average Bonchev–Trinajstić information content (AvgIpc) is 2.82. The smallest absolute Gasteiger partial charge is 0.435 e. The summed E-state index contributed by atoms with van der Waals surface area (Å²) >= 11 is -0.946. The van der Waals surface area contributed by atoms with E-state index in [0.29, 0.717) is 24.6 Å². The molecule has 0 aliphatic carbocycles. The fourth-order valence-corrected chi connectivity index (χ4v) is 11.6. The van der Waals surface area contributed by atoms with E-state index in [1.165, 1.54) is 51.4 Å². The molecule has 0 atom stereocenters. The van der Waals surface area contributed by atoms with Crippen molar-refractivity contribution < 1.29 is 16.3 Å². The number of hydrogen-bond donors (Lipinski definition) is 0. The molecule has 0 unspecified atom stereocenters. The second kappa shape index (κ2) is 24.4. The first-order valence-electron chi connectivity index (χ1n) is 16.7. The first-order chi connectivity index (χ1) is 18.4. The van der Waals surface area contributed by atoms with Gasteiger partial charge < -0.3 is 7.15 Å². The minimum atomic E-state index is -2.74. The molecule has 0 rings (SSSR count). The van der Waals surface area contributed by atoms with Crippen LogP contribution in [-0.4, -0.2) is 40.5 Å². The van der Waals surface area contributed by atoms with E-state index in [-0.39, 0.29) is 0 Å². The van der Waals surface area contributed by atoms with E-state index in [4.69, 9.17) is 7.15 Å². The molecule has 233 valence electrons. The number of unbranched alkanes of at least 4 members (excludes halogenated alkanes) is 8. The molecule has 0 aromatic rings. The van der Waals surface area contributed by atoms with Gasteiger partial charge in [0.2, 0.25) is 0 Å². The molecule has 0 heterocycles. The monoisotopic (exact) mass is 605 g/mol. The van der Waals surface area contributed by atoms with E-state index >= 15 is 0 Å². The summed E-state index contributed by atoms with van der Waals surface area (Å²) in [5.41, 5.74) is 0. The molecular weight excluding hydrogens is 537 g/mol. The third-order valence-corrected chi connectivity index (χ3v) is 15.3. The highest BCUT2D eigenvalue weighted by Gasteiger charge is 2.28. The Labute approximate surface area is 252 Å². The first kappa shape index (κ1) is 39.9. The second-order valence-electron chi connectivity index (χ2n) is 13.8. The lowest BCUT2D eigenvalue weighted by Gasteiger charge is -2.23. The molecule has 0 N–H and O–H groups in total. The third-order valence-electron chi connectivity index (χ3n) is 7.59. The zero-order chi connectivity index (χ0) is 29.6. The lowest BCUT2D eigenvalue weighted by atomic mass is 10.1. The van der Waals surface area contributed by atoms with Crippen molar-refractivity contribution in [1.82, 2.24) is 0 Å². The third kappa shape index (κ3) is 26.3. The Hall–Kier alpha value is 0.912. The van der Waals surface area contributed by atoms with Crippen molar-refractivity contribution in [3.63, 3.8) is 0 Å². The van der Waals surface area contributed by atoms with Crippen LogP contribution in [0, 0.1) is 23.7 Å². The largest absolute Gasteiger partial charge is 0.679 e. The van der Waals surface area contributed by atoms with Crippen LogP contribution < -0.4 is 0 Å². The Morgan fingerprint density at radius 2 is 0.641 bits per heavy atom. The highest BCUT2D eigenvalue weighted by molar-refractivity contribution is 7.61. The SMILES string of the molecule is CC(C)CCCCCP(=O)(CCCCCC(C)C)[O][Al][O]P(=O)(CCCCCC(C)C)CCCCCC(C)C. The van der Waals surface area contributed by atoms with Gasteiger partial charge in [-0.2, -0.15) is 0 Å². The Bertz CT molecular complexity index is 554. The molecule has 0 fully saturated rings. The minimum Gasteiger partial charge on any atom is -0.435 e. The van der Waals surface area contributed by atoms with Crippen LogP contribution in [0.25, 0.3) is 0 Å². The van der Waals surface area contributed by atoms with Crippen molar-refractivity contribution in [2.75, 3.05) is 24.6 Å². The maximum Gasteiger partial charge on any atom is 0.679 e. The predicted octanol–water partition coefficient (Wildman–Crippen LogP) is 12.0. The summed E-state index contributed by atoms with van der Waals surface area (Å²) in [5, 5.41) is 0. The van der Waals surface area contributed by atoms with Crippen molar-refractivity contribution in [3.05, 3.63) is 0 Å². The fourth-order valence-electron chi connectivity index (χ4n) is 4.94. The molecule has 0 aromatic carbocycles. The van der Waals surface area contributed by atoms with Gasteiger partial charge in [0.1, 0.15) is 0 Å². The topological polar surface area (TPSA) is 52.6 Å². The van der Waals surface area contributed by atoms with Crippen LogP contribution in [-0.2, 0) is 16.3 Å². The number of rotatable bonds is 28. The summed E-state index contributed by atoms with van der Waals surface area (Å²) in [6.07, 6.45) is 20.6. The summed E-state index contributed by atoms with van der Waals surface area (Å²) in [6, 6.07) is 0. The van der Waals surface area contributed by atoms with E-state index in [2.05, 4.69) is 55.4 Å². The molecule has 0 saturated heterocycles. The molecule has 39 heavy (non-hydrogen) atoms. The molecule has 0 spiro atoms. The van der Waals surface area contributed by atoms with Gasteiger partial charge >= 0.3 is 15.9 Å². The second-order valence-corrected chi connectivity index (χ2v) is 20.7. The average molecular weight is 606 g/mol. The summed E-state index contributed by atoms with van der Waals surface area (Å²) < 4.78 is 40.0. The van der Waals surface area contributed by atoms with Gasteiger partial charge in [0.05, 0.1) is 0 Å². The fraction of sp³-hybridized carbons (Fsp3) is 1.00. The van der Waals surface area contributed by atoms with Crippen LogP contribution in [0.4, 0.5) is 0 Å². The molecule has 0 saturated carbocycles. The Morgan fingerprint density at radius 3 is 0.846 bits per heavy atom. The number of hydrogen-bond acceptors (Lipinski definition) is 4. The van der Waals surface area contributed by atoms with Crippen molar-refractivity contribution in [2.24, 2.45) is 23.7 Å². The molecule has 1 radical (unpaired) electrons. The quantitative estimate of drug-likeness (QED) is 0.0506. The van der Waals surface area contributed by atoms with Crippen molar-refractivity contribution >= 4 is 30.6 Å². The summed E-state index contributed by atoms with van der Waals surface area (Å²) in [7, 11) is -5.48. The van der Waals surface area contributed by atoms with Gasteiger partial charge in [-0.05, 0) is 49.4 Å². The van der Waals surface area contributed by atoms with Gasteiger partial charge in [0.25, 0.3) is 0 Å². The van der Waals surface area contributed by atoms with E-state index in [1.807, 2.05) is 0 Å². The zero-order valence-electron chi connectivity index (χ0n) is 27.6. The maximum atomic E-state index is 13.8. The van der Waals surface area contributed by atoms with E-state index in [1.54, 1.807) is 0 Å². The minimum absolute atomic E-state index is 0.653. The van der Waals surface area contributed by atoms with Crippen LogP contribution in [0.1, 0.15) is 158 Å². The van der Waals surface area contributed by atoms with Crippen LogP contribution in [0.5, 0.6) is 0 Å². The zero-order valence-corrected chi connectivity index (χ0v) is 30.5. The Balaban J connectivity index is 4.94. The Kier molecular flexibility index (Phi) is 24.9. The van der Waals surface area contributed by atoms with Crippen molar-refractivity contribution in [2.45, 2.75) is 158 Å². The summed E-state index contributed by atoms with van der Waals surface area (Å²) in [4.78, 5) is 0. The Morgan fingerprint density at radius 1 is 0.410 bits per heavy atom. The van der Waals surface area contributed by atoms with Gasteiger partial charge in [-0.1, -0.05) is 132 Å². The molecule has 4 nitrogen and oxygen atoms in total. The normalized spacial score (nSPS) is 12.9. The molecule has 0 aliphatic heterocycles.